The van der Waals surface area contributed by atoms with Gasteiger partial charge in [0.25, 0.3) is 11.5 Å². The molecule has 0 saturated heterocycles. The van der Waals surface area contributed by atoms with E-state index in [1.807, 2.05) is 0 Å². The Hall–Kier alpha value is -2.90. The number of carbonyl (C=O) groups excluding carboxylic acids is 1. The van der Waals surface area contributed by atoms with Crippen LogP contribution in [0, 0.1) is 13.8 Å². The summed E-state index contributed by atoms with van der Waals surface area (Å²) in [7, 11) is 1.62. The van der Waals surface area contributed by atoms with Crippen LogP contribution < -0.4 is 5.56 Å². The van der Waals surface area contributed by atoms with Crippen LogP contribution in [0.15, 0.2) is 26.1 Å². The highest BCUT2D eigenvalue weighted by Gasteiger charge is 2.24. The molecule has 114 valence electrons. The number of rotatable bonds is 3. The summed E-state index contributed by atoms with van der Waals surface area (Å²) in [5.41, 5.74) is 0.587. The topological polar surface area (TPSA) is 105 Å². The minimum absolute atomic E-state index is 0.148. The highest BCUT2D eigenvalue weighted by atomic mass is 16.5. The molecule has 0 saturated carbocycles. The minimum atomic E-state index is -0.407. The molecule has 3 aromatic heterocycles. The fourth-order valence-electron chi connectivity index (χ4n) is 2.31. The summed E-state index contributed by atoms with van der Waals surface area (Å²) in [4.78, 5) is 32.4. The largest absolute Gasteiger partial charge is 0.442 e. The van der Waals surface area contributed by atoms with Gasteiger partial charge in [-0.3, -0.25) is 9.59 Å². The van der Waals surface area contributed by atoms with Crippen LogP contribution in [0.25, 0.3) is 11.1 Å². The molecule has 3 heterocycles. The third kappa shape index (κ3) is 2.28. The number of carbonyl (C=O) groups is 1. The summed E-state index contributed by atoms with van der Waals surface area (Å²) >= 11 is 0. The molecule has 3 aromatic rings. The van der Waals surface area contributed by atoms with Gasteiger partial charge in [-0.2, -0.15) is 0 Å². The predicted octanol–water partition coefficient (Wildman–Crippen LogP) is 1.39. The van der Waals surface area contributed by atoms with Crippen molar-refractivity contribution in [3.63, 3.8) is 0 Å². The van der Waals surface area contributed by atoms with Crippen molar-refractivity contribution >= 4 is 17.0 Å². The van der Waals surface area contributed by atoms with Crippen molar-refractivity contribution in [2.75, 3.05) is 7.05 Å². The fourth-order valence-corrected chi connectivity index (χ4v) is 2.31. The molecule has 0 aromatic carbocycles. The molecule has 1 N–H and O–H groups in total. The number of amides is 1. The molecular weight excluding hydrogens is 288 g/mol. The minimum Gasteiger partial charge on any atom is -0.442 e. The van der Waals surface area contributed by atoms with Crippen LogP contribution in [0.3, 0.4) is 0 Å². The Morgan fingerprint density at radius 1 is 1.41 bits per heavy atom. The second-order valence-corrected chi connectivity index (χ2v) is 5.04. The number of aromatic nitrogens is 3. The zero-order valence-corrected chi connectivity index (χ0v) is 12.3. The highest BCUT2D eigenvalue weighted by molar-refractivity contribution is 6.06. The standard InChI is InChI=1S/C14H14N4O4/c1-7-4-9(17-22-7)5-18(3)14(20)10-8(2)21-13-11(10)12(19)15-6-16-13/h4,6H,5H2,1-3H3,(H,15,16,19). The molecule has 8 nitrogen and oxygen atoms in total. The van der Waals surface area contributed by atoms with Gasteiger partial charge >= 0.3 is 0 Å². The van der Waals surface area contributed by atoms with Gasteiger partial charge in [0.15, 0.2) is 0 Å². The van der Waals surface area contributed by atoms with Crippen molar-refractivity contribution in [1.29, 1.82) is 0 Å². The lowest BCUT2D eigenvalue weighted by Gasteiger charge is -2.14. The first-order chi connectivity index (χ1) is 10.5. The fraction of sp³-hybridized carbons (Fsp3) is 0.286. The Morgan fingerprint density at radius 2 is 2.18 bits per heavy atom. The van der Waals surface area contributed by atoms with E-state index in [4.69, 9.17) is 8.94 Å². The number of nitrogens with zero attached hydrogens (tertiary/aromatic N) is 3. The number of H-pyrrole nitrogens is 1. The summed E-state index contributed by atoms with van der Waals surface area (Å²) in [5, 5.41) is 4.01. The Balaban J connectivity index is 1.98. The summed E-state index contributed by atoms with van der Waals surface area (Å²) in [6, 6.07) is 1.75. The van der Waals surface area contributed by atoms with Crippen molar-refractivity contribution in [1.82, 2.24) is 20.0 Å². The molecule has 8 heteroatoms. The van der Waals surface area contributed by atoms with Gasteiger partial charge in [0, 0.05) is 13.1 Å². The van der Waals surface area contributed by atoms with E-state index in [0.29, 0.717) is 17.2 Å². The Morgan fingerprint density at radius 3 is 2.86 bits per heavy atom. The van der Waals surface area contributed by atoms with Crippen molar-refractivity contribution in [2.45, 2.75) is 20.4 Å². The SMILES string of the molecule is Cc1cc(CN(C)C(=O)c2c(C)oc3nc[nH]c(=O)c23)no1. The van der Waals surface area contributed by atoms with E-state index >= 15 is 0 Å². The molecule has 0 aliphatic heterocycles. The van der Waals surface area contributed by atoms with E-state index in [-0.39, 0.29) is 29.1 Å². The molecule has 0 spiro atoms. The van der Waals surface area contributed by atoms with Gasteiger partial charge in [-0.15, -0.1) is 0 Å². The Bertz CT molecular complexity index is 905. The number of fused-ring (bicyclic) bond motifs is 1. The van der Waals surface area contributed by atoms with Gasteiger partial charge in [-0.05, 0) is 13.8 Å². The number of hydrogen-bond acceptors (Lipinski definition) is 6. The van der Waals surface area contributed by atoms with E-state index in [9.17, 15) is 9.59 Å². The molecule has 22 heavy (non-hydrogen) atoms. The van der Waals surface area contributed by atoms with Crippen LogP contribution in [-0.2, 0) is 6.54 Å². The van der Waals surface area contributed by atoms with E-state index in [2.05, 4.69) is 15.1 Å². The highest BCUT2D eigenvalue weighted by Crippen LogP contribution is 2.22. The first kappa shape index (κ1) is 14.1. The zero-order valence-electron chi connectivity index (χ0n) is 12.3. The van der Waals surface area contributed by atoms with Crippen LogP contribution >= 0.6 is 0 Å². The van der Waals surface area contributed by atoms with Gasteiger partial charge in [0.1, 0.15) is 22.6 Å². The number of aryl methyl sites for hydroxylation is 2. The molecule has 0 radical (unpaired) electrons. The van der Waals surface area contributed by atoms with Crippen LogP contribution in [0.2, 0.25) is 0 Å². The first-order valence-corrected chi connectivity index (χ1v) is 6.62. The normalized spacial score (nSPS) is 11.0. The van der Waals surface area contributed by atoms with Gasteiger partial charge in [0.05, 0.1) is 18.4 Å². The van der Waals surface area contributed by atoms with Gasteiger partial charge in [0.2, 0.25) is 5.71 Å². The Kier molecular flexibility index (Phi) is 3.28. The molecular formula is C14H14N4O4. The molecule has 1 amide bonds. The van der Waals surface area contributed by atoms with E-state index < -0.39 is 5.56 Å². The van der Waals surface area contributed by atoms with Crippen LogP contribution in [0.5, 0.6) is 0 Å². The van der Waals surface area contributed by atoms with Crippen LogP contribution in [0.4, 0.5) is 0 Å². The summed E-state index contributed by atoms with van der Waals surface area (Å²) in [5.74, 6) is 0.684. The number of hydrogen-bond donors (Lipinski definition) is 1. The lowest BCUT2D eigenvalue weighted by atomic mass is 10.1. The summed E-state index contributed by atoms with van der Waals surface area (Å²) in [6.45, 7) is 3.67. The maximum Gasteiger partial charge on any atom is 0.262 e. The van der Waals surface area contributed by atoms with Crippen molar-refractivity contribution < 1.29 is 13.7 Å². The summed E-state index contributed by atoms with van der Waals surface area (Å²) in [6.07, 6.45) is 1.24. The molecule has 0 atom stereocenters. The molecule has 0 aliphatic rings. The maximum absolute atomic E-state index is 12.6. The quantitative estimate of drug-likeness (QED) is 0.783. The van der Waals surface area contributed by atoms with Gasteiger partial charge in [-0.1, -0.05) is 5.16 Å². The first-order valence-electron chi connectivity index (χ1n) is 6.62. The third-order valence-electron chi connectivity index (χ3n) is 3.31. The average molecular weight is 302 g/mol. The van der Waals surface area contributed by atoms with E-state index in [0.717, 1.165) is 0 Å². The average Bonchev–Trinajstić information content (AvgIpc) is 3.01. The van der Waals surface area contributed by atoms with Crippen LogP contribution in [0.1, 0.15) is 27.6 Å². The van der Waals surface area contributed by atoms with E-state index in [1.165, 1.54) is 11.2 Å². The third-order valence-corrected chi connectivity index (χ3v) is 3.31. The van der Waals surface area contributed by atoms with Gasteiger partial charge in [-0.25, -0.2) is 4.98 Å². The number of nitrogens with one attached hydrogen (secondary N) is 1. The zero-order chi connectivity index (χ0) is 15.9. The smallest absolute Gasteiger partial charge is 0.262 e. The number of aromatic amines is 1. The van der Waals surface area contributed by atoms with Crippen molar-refractivity contribution in [3.05, 3.63) is 45.5 Å². The number of furan rings is 1. The Labute approximate surface area is 124 Å². The van der Waals surface area contributed by atoms with E-state index in [1.54, 1.807) is 27.0 Å². The molecule has 0 fully saturated rings. The van der Waals surface area contributed by atoms with Crippen LogP contribution in [-0.4, -0.2) is 33.0 Å². The molecule has 0 bridgehead atoms. The second kappa shape index (κ2) is 5.14. The maximum atomic E-state index is 12.6. The van der Waals surface area contributed by atoms with Crippen molar-refractivity contribution in [2.24, 2.45) is 0 Å². The van der Waals surface area contributed by atoms with Crippen molar-refractivity contribution in [3.8, 4) is 0 Å². The second-order valence-electron chi connectivity index (χ2n) is 5.04. The van der Waals surface area contributed by atoms with Gasteiger partial charge < -0.3 is 18.8 Å². The molecule has 0 aliphatic carbocycles. The lowest BCUT2D eigenvalue weighted by Crippen LogP contribution is -2.27. The lowest BCUT2D eigenvalue weighted by molar-refractivity contribution is 0.0782. The summed E-state index contributed by atoms with van der Waals surface area (Å²) < 4.78 is 10.4. The molecule has 0 unspecified atom stereocenters. The molecule has 3 rings (SSSR count). The monoisotopic (exact) mass is 302 g/mol. The predicted molar refractivity (Wildman–Crippen MR) is 76.4 cm³/mol.